The monoisotopic (exact) mass is 306 g/mol. The lowest BCUT2D eigenvalue weighted by Crippen LogP contribution is -2.36. The maximum absolute atomic E-state index is 12.4. The molecule has 1 aromatic heterocycles. The van der Waals surface area contributed by atoms with E-state index in [1.54, 1.807) is 0 Å². The Bertz CT molecular complexity index is 739. The lowest BCUT2D eigenvalue weighted by Gasteiger charge is -2.18. The third-order valence-corrected chi connectivity index (χ3v) is 3.07. The molecular formula is C13H14N4O5. The molecule has 9 heteroatoms. The van der Waals surface area contributed by atoms with Gasteiger partial charge in [0.25, 0.3) is 11.6 Å². The Morgan fingerprint density at radius 2 is 2.18 bits per heavy atom. The summed E-state index contributed by atoms with van der Waals surface area (Å²) in [5, 5.41) is 26.5. The molecule has 0 spiro atoms. The van der Waals surface area contributed by atoms with E-state index in [0.717, 1.165) is 4.90 Å². The minimum Gasteiger partial charge on any atom is -0.480 e. The maximum Gasteiger partial charge on any atom is 0.323 e. The number of amides is 1. The largest absolute Gasteiger partial charge is 0.480 e. The first-order chi connectivity index (χ1) is 10.4. The fourth-order valence-electron chi connectivity index (χ4n) is 2.11. The summed E-state index contributed by atoms with van der Waals surface area (Å²) in [6.07, 6.45) is 0.585. The predicted octanol–water partition coefficient (Wildman–Crippen LogP) is 1.41. The molecule has 1 heterocycles. The zero-order chi connectivity index (χ0) is 16.3. The highest BCUT2D eigenvalue weighted by Crippen LogP contribution is 2.23. The molecule has 0 bridgehead atoms. The van der Waals surface area contributed by atoms with Crippen molar-refractivity contribution in [1.82, 2.24) is 15.1 Å². The van der Waals surface area contributed by atoms with Gasteiger partial charge < -0.3 is 10.0 Å². The number of carbonyl (C=O) groups excluding carboxylic acids is 1. The molecule has 2 aromatic rings. The Morgan fingerprint density at radius 3 is 2.77 bits per heavy atom. The lowest BCUT2D eigenvalue weighted by atomic mass is 10.1. The van der Waals surface area contributed by atoms with Crippen LogP contribution in [0.4, 0.5) is 5.69 Å². The number of hydrogen-bond acceptors (Lipinski definition) is 5. The van der Waals surface area contributed by atoms with Gasteiger partial charge in [0.2, 0.25) is 0 Å². The van der Waals surface area contributed by atoms with Crippen LogP contribution in [-0.2, 0) is 4.79 Å². The second-order valence-electron chi connectivity index (χ2n) is 4.68. The van der Waals surface area contributed by atoms with Crippen LogP contribution in [0.3, 0.4) is 0 Å². The molecule has 0 saturated carbocycles. The van der Waals surface area contributed by atoms with E-state index in [-0.39, 0.29) is 17.9 Å². The number of aliphatic carboxylic acids is 1. The van der Waals surface area contributed by atoms with Gasteiger partial charge in [-0.3, -0.25) is 24.8 Å². The highest BCUT2D eigenvalue weighted by molar-refractivity contribution is 6.05. The summed E-state index contributed by atoms with van der Waals surface area (Å²) in [7, 11) is 0. The van der Waals surface area contributed by atoms with E-state index in [4.69, 9.17) is 5.11 Å². The average Bonchev–Trinajstić information content (AvgIpc) is 2.88. The summed E-state index contributed by atoms with van der Waals surface area (Å²) in [5.74, 6) is -1.70. The number of H-pyrrole nitrogens is 1. The highest BCUT2D eigenvalue weighted by atomic mass is 16.6. The minimum absolute atomic E-state index is 0.0200. The van der Waals surface area contributed by atoms with Crippen LogP contribution in [0.1, 0.15) is 23.8 Å². The number of non-ortho nitro benzene ring substituents is 1. The molecule has 0 radical (unpaired) electrons. The van der Waals surface area contributed by atoms with E-state index in [1.807, 2.05) is 6.92 Å². The number of carboxylic acids is 1. The number of nitro groups is 1. The summed E-state index contributed by atoms with van der Waals surface area (Å²) in [6, 6.07) is 4.01. The van der Waals surface area contributed by atoms with Crippen LogP contribution in [-0.4, -0.2) is 50.1 Å². The normalized spacial score (nSPS) is 10.6. The van der Waals surface area contributed by atoms with Crippen LogP contribution in [0.15, 0.2) is 18.2 Å². The van der Waals surface area contributed by atoms with Crippen LogP contribution in [0.25, 0.3) is 10.9 Å². The molecule has 0 aliphatic carbocycles. The van der Waals surface area contributed by atoms with Crippen molar-refractivity contribution in [1.29, 1.82) is 0 Å². The molecule has 9 nitrogen and oxygen atoms in total. The minimum atomic E-state index is -1.13. The summed E-state index contributed by atoms with van der Waals surface area (Å²) >= 11 is 0. The van der Waals surface area contributed by atoms with Gasteiger partial charge in [0.1, 0.15) is 6.54 Å². The smallest absolute Gasteiger partial charge is 0.323 e. The molecular weight excluding hydrogens is 292 g/mol. The van der Waals surface area contributed by atoms with Gasteiger partial charge in [-0.25, -0.2) is 0 Å². The molecule has 0 fully saturated rings. The van der Waals surface area contributed by atoms with Crippen molar-refractivity contribution in [3.8, 4) is 0 Å². The molecule has 2 N–H and O–H groups in total. The molecule has 0 aliphatic rings. The number of aromatic nitrogens is 2. The maximum atomic E-state index is 12.4. The molecule has 1 amide bonds. The van der Waals surface area contributed by atoms with Gasteiger partial charge in [0.15, 0.2) is 5.69 Å². The van der Waals surface area contributed by atoms with Gasteiger partial charge in [0.05, 0.1) is 10.4 Å². The second-order valence-corrected chi connectivity index (χ2v) is 4.68. The molecule has 22 heavy (non-hydrogen) atoms. The fraction of sp³-hybridized carbons (Fsp3) is 0.308. The van der Waals surface area contributed by atoms with Crippen LogP contribution < -0.4 is 0 Å². The number of rotatable bonds is 6. The van der Waals surface area contributed by atoms with E-state index in [2.05, 4.69) is 10.2 Å². The lowest BCUT2D eigenvalue weighted by molar-refractivity contribution is -0.384. The Hall–Kier alpha value is -2.97. The third-order valence-electron chi connectivity index (χ3n) is 3.07. The first-order valence-electron chi connectivity index (χ1n) is 6.57. The number of benzene rings is 1. The van der Waals surface area contributed by atoms with Crippen LogP contribution in [0.2, 0.25) is 0 Å². The number of nitrogens with zero attached hydrogens (tertiary/aromatic N) is 3. The fourth-order valence-corrected chi connectivity index (χ4v) is 2.11. The van der Waals surface area contributed by atoms with Gasteiger partial charge >= 0.3 is 5.97 Å². The summed E-state index contributed by atoms with van der Waals surface area (Å²) in [6.45, 7) is 1.62. The highest BCUT2D eigenvalue weighted by Gasteiger charge is 2.23. The van der Waals surface area contributed by atoms with E-state index in [0.29, 0.717) is 17.3 Å². The van der Waals surface area contributed by atoms with Gasteiger partial charge in [-0.1, -0.05) is 6.92 Å². The second kappa shape index (κ2) is 6.20. The first-order valence-corrected chi connectivity index (χ1v) is 6.57. The molecule has 0 aliphatic heterocycles. The molecule has 2 rings (SSSR count). The van der Waals surface area contributed by atoms with Crippen molar-refractivity contribution in [2.75, 3.05) is 13.1 Å². The average molecular weight is 306 g/mol. The van der Waals surface area contributed by atoms with Gasteiger partial charge in [0, 0.05) is 24.1 Å². The Morgan fingerprint density at radius 1 is 1.45 bits per heavy atom. The van der Waals surface area contributed by atoms with Crippen molar-refractivity contribution in [3.05, 3.63) is 34.0 Å². The van der Waals surface area contributed by atoms with Crippen molar-refractivity contribution < 1.29 is 19.6 Å². The molecule has 0 atom stereocenters. The van der Waals surface area contributed by atoms with Crippen molar-refractivity contribution >= 4 is 28.5 Å². The third kappa shape index (κ3) is 3.03. The standard InChI is InChI=1S/C13H14N4O5/c1-2-5-16(7-11(18)19)13(20)12-9-6-8(17(21)22)3-4-10(9)14-15-12/h3-4,6H,2,5,7H2,1H3,(H,14,15)(H,18,19). The van der Waals surface area contributed by atoms with Crippen molar-refractivity contribution in [2.24, 2.45) is 0 Å². The number of nitro benzene ring substituents is 1. The zero-order valence-corrected chi connectivity index (χ0v) is 11.8. The Balaban J connectivity index is 2.43. The number of aromatic amines is 1. The van der Waals surface area contributed by atoms with Crippen molar-refractivity contribution in [2.45, 2.75) is 13.3 Å². The number of fused-ring (bicyclic) bond motifs is 1. The molecule has 1 aromatic carbocycles. The van der Waals surface area contributed by atoms with Crippen LogP contribution >= 0.6 is 0 Å². The van der Waals surface area contributed by atoms with Gasteiger partial charge in [-0.15, -0.1) is 0 Å². The quantitative estimate of drug-likeness (QED) is 0.613. The molecule has 0 saturated heterocycles. The van der Waals surface area contributed by atoms with E-state index in [9.17, 15) is 19.7 Å². The summed E-state index contributed by atoms with van der Waals surface area (Å²) in [4.78, 5) is 34.7. The summed E-state index contributed by atoms with van der Waals surface area (Å²) < 4.78 is 0. The Kier molecular flexibility index (Phi) is 4.35. The number of nitrogens with one attached hydrogen (secondary N) is 1. The zero-order valence-electron chi connectivity index (χ0n) is 11.8. The summed E-state index contributed by atoms with van der Waals surface area (Å²) in [5.41, 5.74) is 0.289. The molecule has 0 unspecified atom stereocenters. The topological polar surface area (TPSA) is 129 Å². The predicted molar refractivity (Wildman–Crippen MR) is 76.6 cm³/mol. The number of carboxylic acid groups (broad SMARTS) is 1. The van der Waals surface area contributed by atoms with Gasteiger partial charge in [-0.05, 0) is 12.5 Å². The van der Waals surface area contributed by atoms with Gasteiger partial charge in [-0.2, -0.15) is 5.10 Å². The van der Waals surface area contributed by atoms with Crippen LogP contribution in [0.5, 0.6) is 0 Å². The van der Waals surface area contributed by atoms with Crippen LogP contribution in [0, 0.1) is 10.1 Å². The van der Waals surface area contributed by atoms with Crippen molar-refractivity contribution in [3.63, 3.8) is 0 Å². The molecule has 116 valence electrons. The first kappa shape index (κ1) is 15.4. The number of hydrogen-bond donors (Lipinski definition) is 2. The number of carbonyl (C=O) groups is 2. The van der Waals surface area contributed by atoms with E-state index < -0.39 is 23.3 Å². The van der Waals surface area contributed by atoms with E-state index >= 15 is 0 Å². The Labute approximate surface area is 124 Å². The van der Waals surface area contributed by atoms with E-state index in [1.165, 1.54) is 18.2 Å². The SMILES string of the molecule is CCCN(CC(=O)O)C(=O)c1n[nH]c2ccc([N+](=O)[O-])cc12.